The highest BCUT2D eigenvalue weighted by Crippen LogP contribution is 2.27. The van der Waals surface area contributed by atoms with E-state index in [1.807, 2.05) is 24.0 Å². The largest absolute Gasteiger partial charge is 0.306 e. The summed E-state index contributed by atoms with van der Waals surface area (Å²) in [6, 6.07) is 10.3. The minimum absolute atomic E-state index is 0.171. The van der Waals surface area contributed by atoms with E-state index in [-0.39, 0.29) is 11.4 Å². The Labute approximate surface area is 171 Å². The Kier molecular flexibility index (Phi) is 5.23. The summed E-state index contributed by atoms with van der Waals surface area (Å²) >= 11 is 12.2. The molecular formula is C21H18Cl2FN3O. The fraction of sp³-hybridized carbons (Fsp3) is 0.238. The number of benzene rings is 2. The van der Waals surface area contributed by atoms with E-state index in [1.165, 1.54) is 6.07 Å². The maximum absolute atomic E-state index is 14.2. The first kappa shape index (κ1) is 19.1. The Balaban J connectivity index is 1.61. The lowest BCUT2D eigenvalue weighted by Gasteiger charge is -2.28. The van der Waals surface area contributed by atoms with E-state index in [9.17, 15) is 9.18 Å². The van der Waals surface area contributed by atoms with Crippen LogP contribution in [0, 0.1) is 12.7 Å². The summed E-state index contributed by atoms with van der Waals surface area (Å²) in [4.78, 5) is 22.2. The molecule has 144 valence electrons. The van der Waals surface area contributed by atoms with Crippen LogP contribution in [0.15, 0.2) is 41.2 Å². The van der Waals surface area contributed by atoms with Crippen LogP contribution in [0.2, 0.25) is 10.0 Å². The van der Waals surface area contributed by atoms with Crippen molar-refractivity contribution < 1.29 is 4.39 Å². The van der Waals surface area contributed by atoms with Gasteiger partial charge in [0.1, 0.15) is 11.6 Å². The highest BCUT2D eigenvalue weighted by molar-refractivity contribution is 6.32. The number of nitrogens with one attached hydrogen (secondary N) is 1. The molecule has 4 rings (SSSR count). The average molecular weight is 418 g/mol. The summed E-state index contributed by atoms with van der Waals surface area (Å²) in [5.74, 6) is 0.202. The molecule has 28 heavy (non-hydrogen) atoms. The molecule has 7 heteroatoms. The molecule has 0 saturated heterocycles. The number of halogens is 3. The van der Waals surface area contributed by atoms with E-state index in [1.54, 1.807) is 18.2 Å². The van der Waals surface area contributed by atoms with Crippen molar-refractivity contribution in [3.63, 3.8) is 0 Å². The Morgan fingerprint density at radius 3 is 2.68 bits per heavy atom. The van der Waals surface area contributed by atoms with Gasteiger partial charge in [0.2, 0.25) is 0 Å². The molecule has 0 bridgehead atoms. The molecule has 1 aromatic heterocycles. The first-order valence-corrected chi connectivity index (χ1v) is 9.72. The maximum atomic E-state index is 14.2. The van der Waals surface area contributed by atoms with Crippen molar-refractivity contribution in [1.29, 1.82) is 0 Å². The quantitative estimate of drug-likeness (QED) is 0.668. The van der Waals surface area contributed by atoms with Gasteiger partial charge in [-0.3, -0.25) is 9.69 Å². The van der Waals surface area contributed by atoms with Gasteiger partial charge in [0, 0.05) is 42.2 Å². The van der Waals surface area contributed by atoms with E-state index >= 15 is 0 Å². The van der Waals surface area contributed by atoms with E-state index < -0.39 is 0 Å². The van der Waals surface area contributed by atoms with Crippen LogP contribution in [0.1, 0.15) is 22.4 Å². The standard InChI is InChI=1S/C21H18Cl2FN3O/c1-12-2-7-17(24)15(19(12)23)10-27-9-8-18-16(11-27)21(28)26-20(25-18)13-3-5-14(22)6-4-13/h2-7H,8-11H2,1H3,(H,25,26,28). The molecule has 0 atom stereocenters. The lowest BCUT2D eigenvalue weighted by molar-refractivity contribution is 0.238. The number of fused-ring (bicyclic) bond motifs is 1. The van der Waals surface area contributed by atoms with Gasteiger partial charge in [-0.1, -0.05) is 29.3 Å². The molecule has 1 aliphatic heterocycles. The number of nitrogens with zero attached hydrogens (tertiary/aromatic N) is 2. The van der Waals surface area contributed by atoms with Crippen molar-refractivity contribution in [3.05, 3.63) is 85.0 Å². The van der Waals surface area contributed by atoms with Gasteiger partial charge in [0.25, 0.3) is 5.56 Å². The first-order valence-electron chi connectivity index (χ1n) is 8.96. The molecule has 1 aliphatic rings. The number of aromatic amines is 1. The van der Waals surface area contributed by atoms with Crippen LogP contribution in [0.5, 0.6) is 0 Å². The summed E-state index contributed by atoms with van der Waals surface area (Å²) in [6.45, 7) is 3.28. The molecule has 0 aliphatic carbocycles. The smallest absolute Gasteiger partial charge is 0.255 e. The molecule has 3 aromatic rings. The number of aryl methyl sites for hydroxylation is 1. The second kappa shape index (κ2) is 7.66. The highest BCUT2D eigenvalue weighted by atomic mass is 35.5. The third kappa shape index (κ3) is 3.70. The Bertz CT molecular complexity index is 1100. The van der Waals surface area contributed by atoms with Crippen molar-refractivity contribution in [1.82, 2.24) is 14.9 Å². The lowest BCUT2D eigenvalue weighted by Crippen LogP contribution is -2.35. The third-order valence-electron chi connectivity index (χ3n) is 5.03. The monoisotopic (exact) mass is 417 g/mol. The van der Waals surface area contributed by atoms with Gasteiger partial charge < -0.3 is 4.98 Å². The van der Waals surface area contributed by atoms with Crippen LogP contribution in [-0.4, -0.2) is 21.4 Å². The van der Waals surface area contributed by atoms with Gasteiger partial charge in [-0.2, -0.15) is 0 Å². The number of hydrogen-bond donors (Lipinski definition) is 1. The summed E-state index contributed by atoms with van der Waals surface area (Å²) < 4.78 is 14.2. The molecule has 4 nitrogen and oxygen atoms in total. The molecule has 0 radical (unpaired) electrons. The molecule has 2 aromatic carbocycles. The van der Waals surface area contributed by atoms with Gasteiger partial charge in [-0.15, -0.1) is 0 Å². The zero-order valence-electron chi connectivity index (χ0n) is 15.2. The lowest BCUT2D eigenvalue weighted by atomic mass is 10.0. The van der Waals surface area contributed by atoms with Crippen LogP contribution in [-0.2, 0) is 19.5 Å². The van der Waals surface area contributed by atoms with Crippen LogP contribution in [0.3, 0.4) is 0 Å². The minimum Gasteiger partial charge on any atom is -0.306 e. The fourth-order valence-corrected chi connectivity index (χ4v) is 3.78. The van der Waals surface area contributed by atoms with Crippen molar-refractivity contribution >= 4 is 23.2 Å². The topological polar surface area (TPSA) is 49.0 Å². The molecule has 1 N–H and O–H groups in total. The average Bonchev–Trinajstić information content (AvgIpc) is 2.69. The van der Waals surface area contributed by atoms with Crippen molar-refractivity contribution in [3.8, 4) is 11.4 Å². The second-order valence-electron chi connectivity index (χ2n) is 6.96. The number of H-pyrrole nitrogens is 1. The Morgan fingerprint density at radius 2 is 1.93 bits per heavy atom. The highest BCUT2D eigenvalue weighted by Gasteiger charge is 2.23. The number of aromatic nitrogens is 2. The van der Waals surface area contributed by atoms with Gasteiger partial charge in [0.05, 0.1) is 16.3 Å². The second-order valence-corrected chi connectivity index (χ2v) is 7.78. The summed E-state index contributed by atoms with van der Waals surface area (Å²) in [6.07, 6.45) is 0.616. The SMILES string of the molecule is Cc1ccc(F)c(CN2CCc3nc(-c4ccc(Cl)cc4)[nH]c(=O)c3C2)c1Cl. The molecule has 0 amide bonds. The molecule has 0 saturated carbocycles. The van der Waals surface area contributed by atoms with Crippen LogP contribution >= 0.6 is 23.2 Å². The maximum Gasteiger partial charge on any atom is 0.255 e. The van der Waals surface area contributed by atoms with E-state index in [0.29, 0.717) is 53.1 Å². The molecule has 0 spiro atoms. The predicted molar refractivity (Wildman–Crippen MR) is 109 cm³/mol. The van der Waals surface area contributed by atoms with Crippen LogP contribution in [0.4, 0.5) is 4.39 Å². The normalized spacial score (nSPS) is 14.1. The molecular weight excluding hydrogens is 400 g/mol. The molecule has 2 heterocycles. The summed E-state index contributed by atoms with van der Waals surface area (Å²) in [5.41, 5.74) is 3.33. The third-order valence-corrected chi connectivity index (χ3v) is 5.80. The first-order chi connectivity index (χ1) is 13.4. The molecule has 0 unspecified atom stereocenters. The van der Waals surface area contributed by atoms with Crippen LogP contribution in [0.25, 0.3) is 11.4 Å². The van der Waals surface area contributed by atoms with Gasteiger partial charge in [-0.05, 0) is 42.8 Å². The number of hydrogen-bond acceptors (Lipinski definition) is 3. The zero-order valence-corrected chi connectivity index (χ0v) is 16.7. The fourth-order valence-electron chi connectivity index (χ4n) is 3.44. The summed E-state index contributed by atoms with van der Waals surface area (Å²) in [7, 11) is 0. The van der Waals surface area contributed by atoms with Crippen LogP contribution < -0.4 is 5.56 Å². The van der Waals surface area contributed by atoms with Crippen molar-refractivity contribution in [2.45, 2.75) is 26.4 Å². The summed E-state index contributed by atoms with van der Waals surface area (Å²) in [5, 5.41) is 1.07. The van der Waals surface area contributed by atoms with E-state index in [4.69, 9.17) is 23.2 Å². The van der Waals surface area contributed by atoms with Crippen molar-refractivity contribution in [2.24, 2.45) is 0 Å². The number of rotatable bonds is 3. The Morgan fingerprint density at radius 1 is 1.18 bits per heavy atom. The van der Waals surface area contributed by atoms with E-state index in [2.05, 4.69) is 9.97 Å². The predicted octanol–water partition coefficient (Wildman–Crippen LogP) is 4.75. The van der Waals surface area contributed by atoms with Gasteiger partial charge in [0.15, 0.2) is 0 Å². The minimum atomic E-state index is -0.327. The zero-order chi connectivity index (χ0) is 19.8. The van der Waals surface area contributed by atoms with Crippen molar-refractivity contribution in [2.75, 3.05) is 6.54 Å². The van der Waals surface area contributed by atoms with Gasteiger partial charge in [-0.25, -0.2) is 9.37 Å². The van der Waals surface area contributed by atoms with E-state index in [0.717, 1.165) is 16.8 Å². The molecule has 0 fully saturated rings. The van der Waals surface area contributed by atoms with Gasteiger partial charge >= 0.3 is 0 Å². The Hall–Kier alpha value is -2.21.